The van der Waals surface area contributed by atoms with Gasteiger partial charge in [0.1, 0.15) is 15.8 Å². The maximum atomic E-state index is 11.7. The van der Waals surface area contributed by atoms with E-state index in [1.54, 1.807) is 42.7 Å². The van der Waals surface area contributed by atoms with E-state index in [-0.39, 0.29) is 51.2 Å². The van der Waals surface area contributed by atoms with Crippen LogP contribution in [0.4, 0.5) is 17.1 Å². The summed E-state index contributed by atoms with van der Waals surface area (Å²) in [6.07, 6.45) is 3.47. The van der Waals surface area contributed by atoms with Gasteiger partial charge in [-0.2, -0.15) is 5.11 Å². The maximum Gasteiger partial charge on any atom is 1.00 e. The average Bonchev–Trinajstić information content (AvgIpc) is 2.73. The van der Waals surface area contributed by atoms with Crippen molar-refractivity contribution < 1.29 is 42.5 Å². The Morgan fingerprint density at radius 1 is 0.867 bits per heavy atom. The molecule has 1 heterocycles. The standard InChI is InChI=1S/C21H16N4O3S.Na/c22-21-18-6-2-1-5-17(18)20(29(26,27)28)12-19(21)25-24-16-9-7-14(8-10-16)15-4-3-11-23-13-15;/h1-13H,22H2,(H,26,27,28);/q;+1/p-1. The van der Waals surface area contributed by atoms with E-state index < -0.39 is 10.1 Å². The van der Waals surface area contributed by atoms with E-state index in [1.807, 2.05) is 24.3 Å². The van der Waals surface area contributed by atoms with Crippen LogP contribution in [0.25, 0.3) is 21.9 Å². The molecule has 1 aromatic heterocycles. The molecule has 0 bridgehead atoms. The molecule has 0 aliphatic rings. The number of aromatic nitrogens is 1. The van der Waals surface area contributed by atoms with Gasteiger partial charge in [0.05, 0.1) is 16.3 Å². The smallest absolute Gasteiger partial charge is 0.744 e. The van der Waals surface area contributed by atoms with Crippen molar-refractivity contribution in [2.45, 2.75) is 4.90 Å². The molecule has 30 heavy (non-hydrogen) atoms. The van der Waals surface area contributed by atoms with Gasteiger partial charge >= 0.3 is 29.6 Å². The summed E-state index contributed by atoms with van der Waals surface area (Å²) in [7, 11) is -4.70. The van der Waals surface area contributed by atoms with Gasteiger partial charge in [0, 0.05) is 23.2 Å². The van der Waals surface area contributed by atoms with Crippen molar-refractivity contribution in [1.29, 1.82) is 0 Å². The number of anilines is 1. The van der Waals surface area contributed by atoms with Crippen LogP contribution in [0.15, 0.2) is 94.2 Å². The van der Waals surface area contributed by atoms with E-state index in [4.69, 9.17) is 5.73 Å². The molecule has 0 amide bonds. The Morgan fingerprint density at radius 2 is 1.57 bits per heavy atom. The molecular weight excluding hydrogens is 411 g/mol. The first kappa shape index (κ1) is 22.1. The summed E-state index contributed by atoms with van der Waals surface area (Å²) in [6, 6.07) is 18.8. The van der Waals surface area contributed by atoms with Crippen LogP contribution in [0.5, 0.6) is 0 Å². The third kappa shape index (κ3) is 4.58. The SMILES string of the molecule is Nc1c(N=Nc2ccc(-c3cccnc3)cc2)cc(S(=O)(=O)[O-])c2ccccc12.[Na+]. The predicted molar refractivity (Wildman–Crippen MR) is 110 cm³/mol. The Kier molecular flexibility index (Phi) is 6.64. The Bertz CT molecular complexity index is 1330. The zero-order chi connectivity index (χ0) is 20.4. The fourth-order valence-corrected chi connectivity index (χ4v) is 3.71. The van der Waals surface area contributed by atoms with Crippen molar-refractivity contribution in [2.75, 3.05) is 5.73 Å². The van der Waals surface area contributed by atoms with Crippen molar-refractivity contribution in [2.24, 2.45) is 10.2 Å². The summed E-state index contributed by atoms with van der Waals surface area (Å²) in [5.41, 5.74) is 9.01. The quantitative estimate of drug-likeness (QED) is 0.231. The first-order valence-corrected chi connectivity index (χ1v) is 10.0. The molecule has 144 valence electrons. The fourth-order valence-electron chi connectivity index (χ4n) is 3.01. The molecule has 0 spiro atoms. The average molecular weight is 426 g/mol. The van der Waals surface area contributed by atoms with Gasteiger partial charge in [-0.1, -0.05) is 42.5 Å². The third-order valence-electron chi connectivity index (χ3n) is 4.43. The molecule has 0 atom stereocenters. The van der Waals surface area contributed by atoms with Crippen LogP contribution in [0.3, 0.4) is 0 Å². The van der Waals surface area contributed by atoms with Crippen LogP contribution >= 0.6 is 0 Å². The summed E-state index contributed by atoms with van der Waals surface area (Å²) in [6.45, 7) is 0. The number of azo groups is 1. The number of nitrogens with zero attached hydrogens (tertiary/aromatic N) is 3. The zero-order valence-corrected chi connectivity index (χ0v) is 18.9. The second-order valence-corrected chi connectivity index (χ2v) is 7.64. The van der Waals surface area contributed by atoms with Crippen LogP contribution in [-0.2, 0) is 10.1 Å². The van der Waals surface area contributed by atoms with Crippen molar-refractivity contribution in [3.05, 3.63) is 79.1 Å². The minimum atomic E-state index is -4.70. The molecule has 4 rings (SSSR count). The fraction of sp³-hybridized carbons (Fsp3) is 0. The number of rotatable bonds is 4. The molecule has 3 aromatic carbocycles. The van der Waals surface area contributed by atoms with Crippen molar-refractivity contribution in [3.63, 3.8) is 0 Å². The van der Waals surface area contributed by atoms with Gasteiger partial charge in [0.2, 0.25) is 0 Å². The summed E-state index contributed by atoms with van der Waals surface area (Å²) < 4.78 is 35.0. The first-order chi connectivity index (χ1) is 13.9. The van der Waals surface area contributed by atoms with Crippen LogP contribution < -0.4 is 35.3 Å². The number of hydrogen-bond donors (Lipinski definition) is 1. The number of hydrogen-bond acceptors (Lipinski definition) is 7. The topological polar surface area (TPSA) is 121 Å². The van der Waals surface area contributed by atoms with E-state index in [2.05, 4.69) is 15.2 Å². The van der Waals surface area contributed by atoms with E-state index in [9.17, 15) is 13.0 Å². The second-order valence-electron chi connectivity index (χ2n) is 6.30. The van der Waals surface area contributed by atoms with Gasteiger partial charge in [0.15, 0.2) is 0 Å². The molecule has 0 unspecified atom stereocenters. The first-order valence-electron chi connectivity index (χ1n) is 8.63. The third-order valence-corrected chi connectivity index (χ3v) is 5.31. The Morgan fingerprint density at radius 3 is 2.20 bits per heavy atom. The minimum Gasteiger partial charge on any atom is -0.744 e. The summed E-state index contributed by atoms with van der Waals surface area (Å²) >= 11 is 0. The summed E-state index contributed by atoms with van der Waals surface area (Å²) in [5, 5.41) is 8.92. The molecule has 4 aromatic rings. The molecule has 9 heteroatoms. The van der Waals surface area contributed by atoms with Gasteiger partial charge in [-0.05, 0) is 35.4 Å². The minimum absolute atomic E-state index is 0. The number of nitrogens with two attached hydrogens (primary N) is 1. The molecule has 0 fully saturated rings. The number of fused-ring (bicyclic) bond motifs is 1. The predicted octanol–water partition coefficient (Wildman–Crippen LogP) is 1.81. The van der Waals surface area contributed by atoms with E-state index in [1.165, 1.54) is 6.07 Å². The van der Waals surface area contributed by atoms with Crippen molar-refractivity contribution >= 4 is 38.0 Å². The summed E-state index contributed by atoms with van der Waals surface area (Å²) in [5.74, 6) is 0. The molecule has 0 aliphatic carbocycles. The second kappa shape index (κ2) is 9.03. The molecule has 0 saturated carbocycles. The van der Waals surface area contributed by atoms with Crippen LogP contribution in [0.2, 0.25) is 0 Å². The number of pyridine rings is 1. The zero-order valence-electron chi connectivity index (χ0n) is 16.1. The summed E-state index contributed by atoms with van der Waals surface area (Å²) in [4.78, 5) is 3.72. The van der Waals surface area contributed by atoms with Gasteiger partial charge in [-0.3, -0.25) is 4.98 Å². The monoisotopic (exact) mass is 426 g/mol. The molecule has 7 nitrogen and oxygen atoms in total. The molecule has 0 radical (unpaired) electrons. The van der Waals surface area contributed by atoms with Gasteiger partial charge in [0.25, 0.3) is 0 Å². The maximum absolute atomic E-state index is 11.7. The van der Waals surface area contributed by atoms with Crippen LogP contribution in [-0.4, -0.2) is 18.0 Å². The molecular formula is C21H15N4NaO3S. The molecule has 2 N–H and O–H groups in total. The Hall–Kier alpha value is -2.62. The van der Waals surface area contributed by atoms with E-state index in [0.29, 0.717) is 11.1 Å². The largest absolute Gasteiger partial charge is 1.00 e. The van der Waals surface area contributed by atoms with Crippen molar-refractivity contribution in [3.8, 4) is 11.1 Å². The number of nitrogen functional groups attached to an aromatic ring is 1. The Balaban J connectivity index is 0.00000256. The van der Waals surface area contributed by atoms with Gasteiger partial charge in [-0.25, -0.2) is 8.42 Å². The Labute approximate surface area is 195 Å². The normalized spacial score (nSPS) is 11.5. The number of benzene rings is 3. The van der Waals surface area contributed by atoms with Crippen LogP contribution in [0, 0.1) is 0 Å². The molecule has 0 saturated heterocycles. The van der Waals surface area contributed by atoms with Gasteiger partial charge < -0.3 is 10.3 Å². The van der Waals surface area contributed by atoms with E-state index >= 15 is 0 Å². The van der Waals surface area contributed by atoms with E-state index in [0.717, 1.165) is 17.2 Å². The van der Waals surface area contributed by atoms with Crippen LogP contribution in [0.1, 0.15) is 0 Å². The van der Waals surface area contributed by atoms with Gasteiger partial charge in [-0.15, -0.1) is 5.11 Å². The molecule has 0 aliphatic heterocycles. The van der Waals surface area contributed by atoms with Crippen molar-refractivity contribution in [1.82, 2.24) is 4.98 Å².